The molecule has 0 amide bonds. The highest BCUT2D eigenvalue weighted by molar-refractivity contribution is 5.35. The van der Waals surface area contributed by atoms with Crippen LogP contribution in [0.15, 0.2) is 29.1 Å². The molecule has 2 aliphatic heterocycles. The van der Waals surface area contributed by atoms with E-state index in [0.717, 1.165) is 17.8 Å². The maximum absolute atomic E-state index is 14.0. The number of anilines is 1. The van der Waals surface area contributed by atoms with E-state index >= 15 is 0 Å². The average Bonchev–Trinajstić information content (AvgIpc) is 2.62. The number of morpholine rings is 1. The zero-order valence-electron chi connectivity index (χ0n) is 15.7. The molecule has 0 bridgehead atoms. The van der Waals surface area contributed by atoms with Gasteiger partial charge < -0.3 is 9.64 Å². The van der Waals surface area contributed by atoms with Crippen LogP contribution in [0, 0.1) is 5.82 Å². The molecule has 2 aliphatic rings. The predicted molar refractivity (Wildman–Crippen MR) is 101 cm³/mol. The normalized spacial score (nSPS) is 23.3. The van der Waals surface area contributed by atoms with Gasteiger partial charge in [0, 0.05) is 43.9 Å². The lowest BCUT2D eigenvalue weighted by molar-refractivity contribution is -0.00576. The van der Waals surface area contributed by atoms with Gasteiger partial charge in [0.05, 0.1) is 17.9 Å². The van der Waals surface area contributed by atoms with Crippen LogP contribution in [0.4, 0.5) is 10.3 Å². The number of ether oxygens (including phenoxy) is 1. The van der Waals surface area contributed by atoms with Gasteiger partial charge in [0.15, 0.2) is 0 Å². The van der Waals surface area contributed by atoms with Crippen molar-refractivity contribution < 1.29 is 9.13 Å². The van der Waals surface area contributed by atoms with Crippen LogP contribution in [0.25, 0.3) is 0 Å². The maximum Gasteiger partial charge on any atom is 0.255 e. The first kappa shape index (κ1) is 18.1. The summed E-state index contributed by atoms with van der Waals surface area (Å²) in [6.07, 6.45) is 0.808. The van der Waals surface area contributed by atoms with Crippen molar-refractivity contribution in [3.63, 3.8) is 0 Å². The summed E-state index contributed by atoms with van der Waals surface area (Å²) in [5, 5.41) is 0. The lowest BCUT2D eigenvalue weighted by Crippen LogP contribution is -2.47. The van der Waals surface area contributed by atoms with E-state index in [0.29, 0.717) is 44.1 Å². The fourth-order valence-corrected chi connectivity index (χ4v) is 3.98. The monoisotopic (exact) mass is 372 g/mol. The minimum Gasteiger partial charge on any atom is -0.372 e. The molecule has 2 aromatic rings. The average molecular weight is 372 g/mol. The number of aromatic nitrogens is 2. The summed E-state index contributed by atoms with van der Waals surface area (Å²) in [5.74, 6) is 0.410. The van der Waals surface area contributed by atoms with Crippen molar-refractivity contribution in [1.82, 2.24) is 14.9 Å². The second kappa shape index (κ2) is 7.40. The number of hydrogen-bond acceptors (Lipinski definition) is 5. The Bertz CT molecular complexity index is 875. The van der Waals surface area contributed by atoms with Crippen molar-refractivity contribution in [2.45, 2.75) is 45.6 Å². The minimum atomic E-state index is -0.195. The first-order chi connectivity index (χ1) is 13.0. The van der Waals surface area contributed by atoms with Crippen molar-refractivity contribution in [2.75, 3.05) is 24.5 Å². The summed E-state index contributed by atoms with van der Waals surface area (Å²) in [6.45, 7) is 7.23. The van der Waals surface area contributed by atoms with Gasteiger partial charge in [-0.2, -0.15) is 0 Å². The van der Waals surface area contributed by atoms with E-state index in [4.69, 9.17) is 9.72 Å². The number of rotatable bonds is 3. The van der Waals surface area contributed by atoms with Crippen LogP contribution in [0.1, 0.15) is 30.7 Å². The first-order valence-electron chi connectivity index (χ1n) is 9.48. The van der Waals surface area contributed by atoms with Crippen molar-refractivity contribution >= 4 is 5.95 Å². The Hall–Kier alpha value is -2.25. The lowest BCUT2D eigenvalue weighted by atomic mass is 10.1. The molecular formula is C20H25FN4O2. The summed E-state index contributed by atoms with van der Waals surface area (Å²) in [6, 6.07) is 6.83. The van der Waals surface area contributed by atoms with Gasteiger partial charge in [-0.1, -0.05) is 18.2 Å². The quantitative estimate of drug-likeness (QED) is 0.894. The smallest absolute Gasteiger partial charge is 0.255 e. The van der Waals surface area contributed by atoms with Gasteiger partial charge in [-0.3, -0.25) is 14.7 Å². The molecule has 0 unspecified atom stereocenters. The summed E-state index contributed by atoms with van der Waals surface area (Å²) in [4.78, 5) is 24.5. The van der Waals surface area contributed by atoms with Gasteiger partial charge in [0.1, 0.15) is 5.82 Å². The predicted octanol–water partition coefficient (Wildman–Crippen LogP) is 2.08. The molecule has 0 saturated carbocycles. The van der Waals surface area contributed by atoms with Crippen LogP contribution in [0.2, 0.25) is 0 Å². The highest BCUT2D eigenvalue weighted by Gasteiger charge is 2.27. The third kappa shape index (κ3) is 3.89. The van der Waals surface area contributed by atoms with Crippen molar-refractivity contribution in [3.05, 3.63) is 57.3 Å². The standard InChI is InChI=1S/C20H25FN4O2/c1-13-9-25(10-14(2)27-13)20-22-18-12-24(8-7-16(18)19(26)23-20)11-15-5-3-4-6-17(15)21/h3-6,13-14H,7-12H2,1-2H3,(H,22,23,26)/t13-,14+. The van der Waals surface area contributed by atoms with Crippen molar-refractivity contribution in [1.29, 1.82) is 0 Å². The minimum absolute atomic E-state index is 0.0626. The van der Waals surface area contributed by atoms with Crippen molar-refractivity contribution in [3.8, 4) is 0 Å². The van der Waals surface area contributed by atoms with E-state index in [1.807, 2.05) is 19.9 Å². The van der Waals surface area contributed by atoms with Gasteiger partial charge >= 0.3 is 0 Å². The molecular weight excluding hydrogens is 347 g/mol. The number of halogens is 1. The zero-order valence-corrected chi connectivity index (χ0v) is 15.7. The molecule has 0 radical (unpaired) electrons. The molecule has 144 valence electrons. The third-order valence-corrected chi connectivity index (χ3v) is 5.21. The van der Waals surface area contributed by atoms with Crippen LogP contribution in [-0.2, 0) is 24.2 Å². The molecule has 1 fully saturated rings. The molecule has 1 saturated heterocycles. The highest BCUT2D eigenvalue weighted by atomic mass is 19.1. The van der Waals surface area contributed by atoms with Crippen LogP contribution in [0.3, 0.4) is 0 Å². The maximum atomic E-state index is 14.0. The van der Waals surface area contributed by atoms with Crippen LogP contribution >= 0.6 is 0 Å². The number of nitrogens with zero attached hydrogens (tertiary/aromatic N) is 3. The van der Waals surface area contributed by atoms with Gasteiger partial charge in [-0.05, 0) is 26.3 Å². The second-order valence-corrected chi connectivity index (χ2v) is 7.53. The Labute approximate surface area is 158 Å². The Kier molecular flexibility index (Phi) is 4.97. The topological polar surface area (TPSA) is 61.5 Å². The van der Waals surface area contributed by atoms with E-state index in [9.17, 15) is 9.18 Å². The number of benzene rings is 1. The van der Waals surface area contributed by atoms with Gasteiger partial charge in [0.2, 0.25) is 5.95 Å². The Morgan fingerprint density at radius 2 is 2.00 bits per heavy atom. The fourth-order valence-electron chi connectivity index (χ4n) is 3.98. The van der Waals surface area contributed by atoms with Crippen LogP contribution in [0.5, 0.6) is 0 Å². The van der Waals surface area contributed by atoms with E-state index in [1.165, 1.54) is 6.07 Å². The molecule has 4 rings (SSSR count). The summed E-state index contributed by atoms with van der Waals surface area (Å²) < 4.78 is 19.7. The van der Waals surface area contributed by atoms with Gasteiger partial charge in [-0.25, -0.2) is 9.37 Å². The number of nitrogens with one attached hydrogen (secondary N) is 1. The molecule has 6 nitrogen and oxygen atoms in total. The molecule has 2 atom stereocenters. The van der Waals surface area contributed by atoms with Gasteiger partial charge in [0.25, 0.3) is 5.56 Å². The molecule has 1 aromatic carbocycles. The summed E-state index contributed by atoms with van der Waals surface area (Å²) in [5.41, 5.74) is 2.15. The Morgan fingerprint density at radius 3 is 2.74 bits per heavy atom. The second-order valence-electron chi connectivity index (χ2n) is 7.53. The Balaban J connectivity index is 1.56. The van der Waals surface area contributed by atoms with Gasteiger partial charge in [-0.15, -0.1) is 0 Å². The third-order valence-electron chi connectivity index (χ3n) is 5.21. The molecule has 7 heteroatoms. The largest absolute Gasteiger partial charge is 0.372 e. The Morgan fingerprint density at radius 1 is 1.26 bits per heavy atom. The molecule has 1 aromatic heterocycles. The van der Waals surface area contributed by atoms with E-state index in [1.54, 1.807) is 12.1 Å². The zero-order chi connectivity index (χ0) is 19.0. The number of fused-ring (bicyclic) bond motifs is 1. The van der Waals surface area contributed by atoms with E-state index in [-0.39, 0.29) is 23.6 Å². The lowest BCUT2D eigenvalue weighted by Gasteiger charge is -2.36. The molecule has 27 heavy (non-hydrogen) atoms. The fraction of sp³-hybridized carbons (Fsp3) is 0.500. The van der Waals surface area contributed by atoms with E-state index < -0.39 is 0 Å². The van der Waals surface area contributed by atoms with Crippen LogP contribution < -0.4 is 10.5 Å². The summed E-state index contributed by atoms with van der Waals surface area (Å²) >= 11 is 0. The highest BCUT2D eigenvalue weighted by Crippen LogP contribution is 2.21. The summed E-state index contributed by atoms with van der Waals surface area (Å²) in [7, 11) is 0. The van der Waals surface area contributed by atoms with E-state index in [2.05, 4.69) is 14.8 Å². The molecule has 0 aliphatic carbocycles. The number of H-pyrrole nitrogens is 1. The number of aromatic amines is 1. The molecule has 3 heterocycles. The number of hydrogen-bond donors (Lipinski definition) is 1. The molecule has 0 spiro atoms. The molecule has 1 N–H and O–H groups in total. The van der Waals surface area contributed by atoms with Crippen molar-refractivity contribution in [2.24, 2.45) is 0 Å². The van der Waals surface area contributed by atoms with Crippen LogP contribution in [-0.4, -0.2) is 46.7 Å². The SMILES string of the molecule is C[C@@H]1CN(c2nc3c(c(=O)[nH]2)CCN(Cc2ccccc2F)C3)C[C@H](C)O1. The first-order valence-corrected chi connectivity index (χ1v) is 9.48.